The molecule has 0 aromatic heterocycles. The minimum absolute atomic E-state index is 0.191. The molecule has 0 radical (unpaired) electrons. The van der Waals surface area contributed by atoms with Crippen LogP contribution >= 0.6 is 0 Å². The molecule has 28 heavy (non-hydrogen) atoms. The zero-order chi connectivity index (χ0) is 20.7. The Kier molecular flexibility index (Phi) is 21.4. The second kappa shape index (κ2) is 22.2. The Morgan fingerprint density at radius 3 is 1.14 bits per heavy atom. The van der Waals surface area contributed by atoms with Gasteiger partial charge in [-0.25, -0.2) is 0 Å². The van der Waals surface area contributed by atoms with Gasteiger partial charge in [0.2, 0.25) is 0 Å². The van der Waals surface area contributed by atoms with E-state index in [-0.39, 0.29) is 11.9 Å². The number of esters is 2. The van der Waals surface area contributed by atoms with Crippen molar-refractivity contribution in [3.05, 3.63) is 0 Å². The fourth-order valence-corrected chi connectivity index (χ4v) is 3.19. The van der Waals surface area contributed by atoms with Crippen LogP contribution in [0.4, 0.5) is 0 Å². The summed E-state index contributed by atoms with van der Waals surface area (Å²) in [5.74, 6) is -0.388. The summed E-state index contributed by atoms with van der Waals surface area (Å²) in [7, 11) is 0. The Balaban J connectivity index is 3.29. The van der Waals surface area contributed by atoms with Crippen molar-refractivity contribution in [3.8, 4) is 0 Å². The molecule has 0 rings (SSSR count). The summed E-state index contributed by atoms with van der Waals surface area (Å²) >= 11 is 0. The molecular formula is C24H46O4. The van der Waals surface area contributed by atoms with E-state index in [9.17, 15) is 9.59 Å². The zero-order valence-electron chi connectivity index (χ0n) is 18.8. The molecule has 0 N–H and O–H groups in total. The molecule has 0 heterocycles. The highest BCUT2D eigenvalue weighted by Crippen LogP contribution is 2.11. The van der Waals surface area contributed by atoms with Gasteiger partial charge in [-0.05, 0) is 19.3 Å². The van der Waals surface area contributed by atoms with Gasteiger partial charge in [-0.15, -0.1) is 0 Å². The first-order valence-electron chi connectivity index (χ1n) is 12.0. The van der Waals surface area contributed by atoms with Crippen LogP contribution in [0.15, 0.2) is 0 Å². The monoisotopic (exact) mass is 398 g/mol. The van der Waals surface area contributed by atoms with Gasteiger partial charge in [0, 0.05) is 12.8 Å². The predicted octanol–water partition coefficient (Wildman–Crippen LogP) is 7.13. The first-order valence-corrected chi connectivity index (χ1v) is 12.0. The highest BCUT2D eigenvalue weighted by atomic mass is 16.5. The van der Waals surface area contributed by atoms with Gasteiger partial charge in [0.15, 0.2) is 0 Å². The second-order valence-electron chi connectivity index (χ2n) is 7.89. The van der Waals surface area contributed by atoms with Gasteiger partial charge in [-0.1, -0.05) is 97.3 Å². The molecule has 0 fully saturated rings. The van der Waals surface area contributed by atoms with Crippen LogP contribution in [0.5, 0.6) is 0 Å². The molecule has 0 aliphatic rings. The van der Waals surface area contributed by atoms with Crippen LogP contribution < -0.4 is 0 Å². The lowest BCUT2D eigenvalue weighted by atomic mass is 10.1. The Morgan fingerprint density at radius 2 is 0.786 bits per heavy atom. The van der Waals surface area contributed by atoms with Crippen molar-refractivity contribution in [2.45, 2.75) is 129 Å². The number of carbonyl (C=O) groups is 2. The maximum absolute atomic E-state index is 11.7. The summed E-state index contributed by atoms with van der Waals surface area (Å²) < 4.78 is 10.4. The van der Waals surface area contributed by atoms with Gasteiger partial charge in [-0.3, -0.25) is 9.59 Å². The van der Waals surface area contributed by atoms with Crippen molar-refractivity contribution in [1.29, 1.82) is 0 Å². The molecule has 4 nitrogen and oxygen atoms in total. The lowest BCUT2D eigenvalue weighted by molar-refractivity contribution is -0.145. The topological polar surface area (TPSA) is 52.6 Å². The quantitative estimate of drug-likeness (QED) is 0.152. The number of hydrogen-bond donors (Lipinski definition) is 0. The first-order chi connectivity index (χ1) is 13.7. The van der Waals surface area contributed by atoms with Gasteiger partial charge in [0.25, 0.3) is 0 Å². The van der Waals surface area contributed by atoms with Crippen LogP contribution in [0.25, 0.3) is 0 Å². The van der Waals surface area contributed by atoms with Gasteiger partial charge < -0.3 is 9.47 Å². The van der Waals surface area contributed by atoms with Crippen LogP contribution in [0.1, 0.15) is 129 Å². The minimum Gasteiger partial charge on any atom is -0.466 e. The average molecular weight is 399 g/mol. The van der Waals surface area contributed by atoms with E-state index < -0.39 is 0 Å². The first kappa shape index (κ1) is 26.9. The molecule has 0 bridgehead atoms. The molecule has 4 heteroatoms. The molecule has 0 atom stereocenters. The lowest BCUT2D eigenvalue weighted by Crippen LogP contribution is -2.09. The van der Waals surface area contributed by atoms with Gasteiger partial charge >= 0.3 is 11.9 Å². The van der Waals surface area contributed by atoms with Crippen molar-refractivity contribution < 1.29 is 19.1 Å². The summed E-state index contributed by atoms with van der Waals surface area (Å²) in [6.45, 7) is 5.45. The summed E-state index contributed by atoms with van der Waals surface area (Å²) in [6, 6.07) is 0. The fraction of sp³-hybridized carbons (Fsp3) is 0.917. The Morgan fingerprint density at radius 1 is 0.464 bits per heavy atom. The predicted molar refractivity (Wildman–Crippen MR) is 116 cm³/mol. The highest BCUT2D eigenvalue weighted by Gasteiger charge is 2.07. The molecule has 0 saturated carbocycles. The average Bonchev–Trinajstić information content (AvgIpc) is 2.68. The molecule has 0 aliphatic carbocycles. The summed E-state index contributed by atoms with van der Waals surface area (Å²) in [5, 5.41) is 0. The maximum atomic E-state index is 11.7. The van der Waals surface area contributed by atoms with E-state index in [1.165, 1.54) is 70.6 Å². The van der Waals surface area contributed by atoms with E-state index in [0.717, 1.165) is 25.7 Å². The van der Waals surface area contributed by atoms with Crippen molar-refractivity contribution >= 4 is 11.9 Å². The SMILES string of the molecule is CCCCCCCCCCCCOC(=O)CCCC(=O)OCCCCCCC. The molecule has 0 aromatic rings. The van der Waals surface area contributed by atoms with Crippen LogP contribution in [0.3, 0.4) is 0 Å². The van der Waals surface area contributed by atoms with Crippen LogP contribution in [0, 0.1) is 0 Å². The molecule has 166 valence electrons. The van der Waals surface area contributed by atoms with Gasteiger partial charge in [0.1, 0.15) is 0 Å². The number of ether oxygens (including phenoxy) is 2. The number of hydrogen-bond acceptors (Lipinski definition) is 4. The van der Waals surface area contributed by atoms with E-state index in [1.54, 1.807) is 0 Å². The third kappa shape index (κ3) is 21.2. The Hall–Kier alpha value is -1.06. The van der Waals surface area contributed by atoms with Crippen LogP contribution in [-0.4, -0.2) is 25.2 Å². The number of rotatable bonds is 21. The minimum atomic E-state index is -0.196. The van der Waals surface area contributed by atoms with Crippen molar-refractivity contribution in [1.82, 2.24) is 0 Å². The largest absolute Gasteiger partial charge is 0.466 e. The molecule has 0 spiro atoms. The van der Waals surface area contributed by atoms with Crippen LogP contribution in [-0.2, 0) is 19.1 Å². The zero-order valence-corrected chi connectivity index (χ0v) is 18.8. The maximum Gasteiger partial charge on any atom is 0.305 e. The van der Waals surface area contributed by atoms with Crippen molar-refractivity contribution in [2.75, 3.05) is 13.2 Å². The molecule has 0 aromatic carbocycles. The second-order valence-corrected chi connectivity index (χ2v) is 7.89. The van der Waals surface area contributed by atoms with E-state index in [1.807, 2.05) is 0 Å². The third-order valence-corrected chi connectivity index (χ3v) is 5.03. The Bertz CT molecular complexity index is 355. The molecular weight excluding hydrogens is 352 g/mol. The van der Waals surface area contributed by atoms with Crippen LogP contribution in [0.2, 0.25) is 0 Å². The van der Waals surface area contributed by atoms with Crippen molar-refractivity contribution in [3.63, 3.8) is 0 Å². The highest BCUT2D eigenvalue weighted by molar-refractivity contribution is 5.72. The lowest BCUT2D eigenvalue weighted by Gasteiger charge is -2.06. The van der Waals surface area contributed by atoms with E-state index in [0.29, 0.717) is 32.5 Å². The standard InChI is InChI=1S/C24H46O4/c1-3-5-7-9-10-11-12-13-15-17-22-28-24(26)20-18-19-23(25)27-21-16-14-8-6-4-2/h3-22H2,1-2H3. The molecule has 0 unspecified atom stereocenters. The third-order valence-electron chi connectivity index (χ3n) is 5.03. The molecule has 0 amide bonds. The Labute approximate surface area is 174 Å². The fourth-order valence-electron chi connectivity index (χ4n) is 3.19. The number of unbranched alkanes of at least 4 members (excludes halogenated alkanes) is 13. The van der Waals surface area contributed by atoms with E-state index in [2.05, 4.69) is 13.8 Å². The normalized spacial score (nSPS) is 10.8. The molecule has 0 aliphatic heterocycles. The molecule has 0 saturated heterocycles. The number of carbonyl (C=O) groups excluding carboxylic acids is 2. The smallest absolute Gasteiger partial charge is 0.305 e. The summed E-state index contributed by atoms with van der Waals surface area (Å²) in [4.78, 5) is 23.3. The van der Waals surface area contributed by atoms with E-state index in [4.69, 9.17) is 9.47 Å². The van der Waals surface area contributed by atoms with Gasteiger partial charge in [0.05, 0.1) is 13.2 Å². The van der Waals surface area contributed by atoms with E-state index >= 15 is 0 Å². The summed E-state index contributed by atoms with van der Waals surface area (Å²) in [5.41, 5.74) is 0. The summed E-state index contributed by atoms with van der Waals surface area (Å²) in [6.07, 6.45) is 19.6. The van der Waals surface area contributed by atoms with Crippen molar-refractivity contribution in [2.24, 2.45) is 0 Å². The van der Waals surface area contributed by atoms with Gasteiger partial charge in [-0.2, -0.15) is 0 Å².